The van der Waals surface area contributed by atoms with E-state index in [0.717, 1.165) is 18.4 Å². The Kier molecular flexibility index (Phi) is 11.9. The van der Waals surface area contributed by atoms with Crippen LogP contribution < -0.4 is 20.1 Å². The maximum atomic E-state index is 12.4. The summed E-state index contributed by atoms with van der Waals surface area (Å²) in [5.74, 6) is 1.52. The van der Waals surface area contributed by atoms with Gasteiger partial charge in [-0.15, -0.1) is 0 Å². The molecule has 0 spiro atoms. The Morgan fingerprint density at radius 2 is 1.50 bits per heavy atom. The van der Waals surface area contributed by atoms with E-state index >= 15 is 0 Å². The molecule has 0 fully saturated rings. The molecular weight excluding hydrogens is 380 g/mol. The average molecular weight is 421 g/mol. The highest BCUT2D eigenvalue weighted by Crippen LogP contribution is 2.30. The molecule has 6 heteroatoms. The highest BCUT2D eigenvalue weighted by atomic mass is 16.5. The van der Waals surface area contributed by atoms with Crippen molar-refractivity contribution in [2.75, 3.05) is 13.7 Å². The zero-order valence-electron chi connectivity index (χ0n) is 19.5. The lowest BCUT2D eigenvalue weighted by molar-refractivity contribution is -0.125. The van der Waals surface area contributed by atoms with Gasteiger partial charge >= 0.3 is 0 Å². The molecule has 0 atom stereocenters. The van der Waals surface area contributed by atoms with Crippen molar-refractivity contribution in [1.82, 2.24) is 10.6 Å². The molecular formula is C24H40N2O4. The van der Waals surface area contributed by atoms with Crippen molar-refractivity contribution in [3.05, 3.63) is 23.8 Å². The Labute approximate surface area is 182 Å². The Morgan fingerprint density at radius 1 is 0.900 bits per heavy atom. The molecule has 0 bridgehead atoms. The summed E-state index contributed by atoms with van der Waals surface area (Å²) in [7, 11) is 1.60. The molecule has 2 N–H and O–H groups in total. The van der Waals surface area contributed by atoms with Gasteiger partial charge in [-0.25, -0.2) is 0 Å². The van der Waals surface area contributed by atoms with Crippen LogP contribution in [-0.4, -0.2) is 25.5 Å². The lowest BCUT2D eigenvalue weighted by Crippen LogP contribution is -2.41. The summed E-state index contributed by atoms with van der Waals surface area (Å²) in [4.78, 5) is 24.8. The first-order chi connectivity index (χ1) is 14.3. The van der Waals surface area contributed by atoms with Crippen LogP contribution in [0.1, 0.15) is 84.9 Å². The van der Waals surface area contributed by atoms with Gasteiger partial charge in [0.2, 0.25) is 11.8 Å². The van der Waals surface area contributed by atoms with Crippen LogP contribution in [-0.2, 0) is 9.59 Å². The lowest BCUT2D eigenvalue weighted by Gasteiger charge is -2.23. The minimum atomic E-state index is -0.615. The fraction of sp³-hybridized carbons (Fsp3) is 0.667. The number of rotatable bonds is 14. The molecule has 170 valence electrons. The van der Waals surface area contributed by atoms with Gasteiger partial charge in [-0.05, 0) is 36.0 Å². The van der Waals surface area contributed by atoms with Crippen LogP contribution in [0.2, 0.25) is 0 Å². The fourth-order valence-corrected chi connectivity index (χ4v) is 3.08. The summed E-state index contributed by atoms with van der Waals surface area (Å²) in [5.41, 5.74) is 0.758. The minimum Gasteiger partial charge on any atom is -0.493 e. The Bertz CT molecular complexity index is 635. The quantitative estimate of drug-likeness (QED) is 0.329. The summed E-state index contributed by atoms with van der Waals surface area (Å²) in [5, 5.41) is 5.90. The van der Waals surface area contributed by atoms with Gasteiger partial charge in [0.05, 0.1) is 13.7 Å². The smallest absolute Gasteiger partial charge is 0.222 e. The molecule has 0 saturated carbocycles. The lowest BCUT2D eigenvalue weighted by atomic mass is 10.1. The van der Waals surface area contributed by atoms with Gasteiger partial charge in [-0.1, -0.05) is 59.9 Å². The Balaban J connectivity index is 3.00. The Hall–Kier alpha value is -2.24. The molecule has 0 unspecified atom stereocenters. The van der Waals surface area contributed by atoms with Crippen molar-refractivity contribution in [1.29, 1.82) is 0 Å². The zero-order chi connectivity index (χ0) is 22.5. The predicted octanol–water partition coefficient (Wildman–Crippen LogP) is 4.98. The molecule has 1 aromatic rings. The minimum absolute atomic E-state index is 0.0994. The third-order valence-electron chi connectivity index (χ3n) is 4.57. The van der Waals surface area contributed by atoms with Gasteiger partial charge in [0.15, 0.2) is 11.5 Å². The van der Waals surface area contributed by atoms with Crippen molar-refractivity contribution in [2.24, 2.45) is 11.8 Å². The summed E-state index contributed by atoms with van der Waals surface area (Å²) >= 11 is 0. The first kappa shape index (κ1) is 25.8. The van der Waals surface area contributed by atoms with Gasteiger partial charge in [-0.3, -0.25) is 9.59 Å². The van der Waals surface area contributed by atoms with Gasteiger partial charge in [0, 0.05) is 12.8 Å². The van der Waals surface area contributed by atoms with Crippen LogP contribution in [0.5, 0.6) is 11.5 Å². The molecule has 0 heterocycles. The highest BCUT2D eigenvalue weighted by Gasteiger charge is 2.20. The van der Waals surface area contributed by atoms with E-state index in [-0.39, 0.29) is 23.7 Å². The van der Waals surface area contributed by atoms with Crippen LogP contribution in [0.4, 0.5) is 0 Å². The number of carbonyl (C=O) groups is 2. The van der Waals surface area contributed by atoms with Gasteiger partial charge in [-0.2, -0.15) is 0 Å². The van der Waals surface area contributed by atoms with E-state index < -0.39 is 6.17 Å². The first-order valence-electron chi connectivity index (χ1n) is 11.2. The zero-order valence-corrected chi connectivity index (χ0v) is 19.5. The first-order valence-corrected chi connectivity index (χ1v) is 11.2. The SMILES string of the molecule is CCCCCCOc1cc(C(NC(=O)CC(C)C)NC(=O)CC(C)C)ccc1OC. The van der Waals surface area contributed by atoms with E-state index in [1.165, 1.54) is 12.8 Å². The van der Waals surface area contributed by atoms with Crippen molar-refractivity contribution >= 4 is 11.8 Å². The van der Waals surface area contributed by atoms with Crippen LogP contribution in [0, 0.1) is 11.8 Å². The maximum Gasteiger partial charge on any atom is 0.222 e. The largest absolute Gasteiger partial charge is 0.493 e. The summed E-state index contributed by atoms with van der Waals surface area (Å²) < 4.78 is 11.4. The molecule has 0 aliphatic carbocycles. The molecule has 1 aromatic carbocycles. The van der Waals surface area contributed by atoms with Gasteiger partial charge in [0.25, 0.3) is 0 Å². The molecule has 0 aromatic heterocycles. The Morgan fingerprint density at radius 3 is 2.00 bits per heavy atom. The number of hydrogen-bond donors (Lipinski definition) is 2. The molecule has 2 amide bonds. The van der Waals surface area contributed by atoms with Gasteiger partial charge in [0.1, 0.15) is 6.17 Å². The normalized spacial score (nSPS) is 11.1. The second kappa shape index (κ2) is 13.9. The second-order valence-electron chi connectivity index (χ2n) is 8.58. The number of benzene rings is 1. The number of nitrogens with one attached hydrogen (secondary N) is 2. The van der Waals surface area contributed by atoms with E-state index in [1.807, 2.05) is 45.9 Å². The third-order valence-corrected chi connectivity index (χ3v) is 4.57. The monoisotopic (exact) mass is 420 g/mol. The van der Waals surface area contributed by atoms with Crippen molar-refractivity contribution in [3.8, 4) is 11.5 Å². The van der Waals surface area contributed by atoms with E-state index in [2.05, 4.69) is 17.6 Å². The van der Waals surface area contributed by atoms with E-state index in [1.54, 1.807) is 7.11 Å². The number of ether oxygens (including phenoxy) is 2. The van der Waals surface area contributed by atoms with E-state index in [0.29, 0.717) is 30.9 Å². The molecule has 1 rings (SSSR count). The number of carbonyl (C=O) groups excluding carboxylic acids is 2. The molecule has 0 aliphatic rings. The average Bonchev–Trinajstić information content (AvgIpc) is 2.66. The third kappa shape index (κ3) is 9.99. The number of unbranched alkanes of at least 4 members (excludes halogenated alkanes) is 3. The van der Waals surface area contributed by atoms with Gasteiger partial charge < -0.3 is 20.1 Å². The van der Waals surface area contributed by atoms with Crippen molar-refractivity contribution in [3.63, 3.8) is 0 Å². The predicted molar refractivity (Wildman–Crippen MR) is 121 cm³/mol. The molecule has 6 nitrogen and oxygen atoms in total. The summed E-state index contributed by atoms with van der Waals surface area (Å²) in [6, 6.07) is 5.50. The number of hydrogen-bond acceptors (Lipinski definition) is 4. The highest BCUT2D eigenvalue weighted by molar-refractivity contribution is 5.79. The maximum absolute atomic E-state index is 12.4. The van der Waals surface area contributed by atoms with Crippen LogP contribution in [0.15, 0.2) is 18.2 Å². The molecule has 0 aliphatic heterocycles. The summed E-state index contributed by atoms with van der Waals surface area (Å²) in [6.07, 6.45) is 4.63. The fourth-order valence-electron chi connectivity index (χ4n) is 3.08. The van der Waals surface area contributed by atoms with Crippen LogP contribution in [0.25, 0.3) is 0 Å². The van der Waals surface area contributed by atoms with E-state index in [4.69, 9.17) is 9.47 Å². The summed E-state index contributed by atoms with van der Waals surface area (Å²) in [6.45, 7) is 10.7. The van der Waals surface area contributed by atoms with Crippen LogP contribution >= 0.6 is 0 Å². The van der Waals surface area contributed by atoms with E-state index in [9.17, 15) is 9.59 Å². The van der Waals surface area contributed by atoms with Crippen molar-refractivity contribution in [2.45, 2.75) is 79.3 Å². The molecule has 0 radical (unpaired) electrons. The molecule has 30 heavy (non-hydrogen) atoms. The molecule has 0 saturated heterocycles. The van der Waals surface area contributed by atoms with Crippen molar-refractivity contribution < 1.29 is 19.1 Å². The topological polar surface area (TPSA) is 76.7 Å². The number of amides is 2. The standard InChI is InChI=1S/C24H40N2O4/c1-7-8-9-10-13-30-21-16-19(11-12-20(21)29-6)24(25-22(27)14-17(2)3)26-23(28)15-18(4)5/h11-12,16-18,24H,7-10,13-15H2,1-6H3,(H,25,27)(H,26,28). The number of methoxy groups -OCH3 is 1. The second-order valence-corrected chi connectivity index (χ2v) is 8.58. The van der Waals surface area contributed by atoms with Crippen LogP contribution in [0.3, 0.4) is 0 Å².